The third kappa shape index (κ3) is 3.25. The smallest absolute Gasteiger partial charge is 0.0409 e. The van der Waals surface area contributed by atoms with Gasteiger partial charge in [0, 0.05) is 36.0 Å². The minimum Gasteiger partial charge on any atom is -0.352 e. The number of aryl methyl sites for hydroxylation is 1. The van der Waals surface area contributed by atoms with Gasteiger partial charge in [-0.1, -0.05) is 30.7 Å². The van der Waals surface area contributed by atoms with Crippen molar-refractivity contribution in [3.63, 3.8) is 0 Å². The van der Waals surface area contributed by atoms with Gasteiger partial charge in [-0.3, -0.25) is 0 Å². The van der Waals surface area contributed by atoms with E-state index in [0.29, 0.717) is 6.04 Å². The van der Waals surface area contributed by atoms with Gasteiger partial charge < -0.3 is 9.88 Å². The van der Waals surface area contributed by atoms with Crippen LogP contribution in [-0.4, -0.2) is 4.57 Å². The molecule has 1 aromatic carbocycles. The fraction of sp³-hybridized carbons (Fsp3) is 0.412. The molecule has 1 heterocycles. The van der Waals surface area contributed by atoms with Crippen LogP contribution in [0, 0.1) is 13.8 Å². The Morgan fingerprint density at radius 3 is 2.55 bits per heavy atom. The summed E-state index contributed by atoms with van der Waals surface area (Å²) in [5.41, 5.74) is 5.25. The number of halogens is 1. The fourth-order valence-corrected chi connectivity index (χ4v) is 2.77. The summed E-state index contributed by atoms with van der Waals surface area (Å²) in [6.45, 7) is 7.40. The lowest BCUT2D eigenvalue weighted by molar-refractivity contribution is 0.518. The van der Waals surface area contributed by atoms with Crippen LogP contribution in [0.25, 0.3) is 0 Å². The summed E-state index contributed by atoms with van der Waals surface area (Å²) in [7, 11) is 2.11. The topological polar surface area (TPSA) is 17.0 Å². The minimum atomic E-state index is 0.341. The second-order valence-corrected chi connectivity index (χ2v) is 5.79. The van der Waals surface area contributed by atoms with E-state index in [2.05, 4.69) is 49.8 Å². The SMILES string of the molecule is CCC(NCc1cc(C)n(C)c1C)c1cccc(Cl)c1. The summed E-state index contributed by atoms with van der Waals surface area (Å²) in [5.74, 6) is 0. The summed E-state index contributed by atoms with van der Waals surface area (Å²) in [5, 5.41) is 4.44. The summed E-state index contributed by atoms with van der Waals surface area (Å²) in [6.07, 6.45) is 1.05. The zero-order chi connectivity index (χ0) is 14.7. The van der Waals surface area contributed by atoms with E-state index in [4.69, 9.17) is 11.6 Å². The van der Waals surface area contributed by atoms with Crippen LogP contribution in [0.4, 0.5) is 0 Å². The van der Waals surface area contributed by atoms with E-state index in [1.165, 1.54) is 22.5 Å². The second-order valence-electron chi connectivity index (χ2n) is 5.35. The molecule has 0 radical (unpaired) electrons. The quantitative estimate of drug-likeness (QED) is 0.856. The van der Waals surface area contributed by atoms with Gasteiger partial charge in [-0.25, -0.2) is 0 Å². The minimum absolute atomic E-state index is 0.341. The maximum absolute atomic E-state index is 6.08. The fourth-order valence-electron chi connectivity index (χ4n) is 2.57. The largest absolute Gasteiger partial charge is 0.352 e. The molecule has 0 saturated heterocycles. The highest BCUT2D eigenvalue weighted by atomic mass is 35.5. The van der Waals surface area contributed by atoms with Gasteiger partial charge in [-0.05, 0) is 49.6 Å². The van der Waals surface area contributed by atoms with Crippen molar-refractivity contribution in [2.24, 2.45) is 7.05 Å². The van der Waals surface area contributed by atoms with Crippen LogP contribution in [0.1, 0.15) is 41.9 Å². The predicted octanol–water partition coefficient (Wildman–Crippen LogP) is 4.54. The van der Waals surface area contributed by atoms with E-state index in [1.54, 1.807) is 0 Å². The molecule has 2 aromatic rings. The highest BCUT2D eigenvalue weighted by molar-refractivity contribution is 6.30. The molecule has 1 N–H and O–H groups in total. The predicted molar refractivity (Wildman–Crippen MR) is 86.2 cm³/mol. The Bertz CT molecular complexity index is 587. The van der Waals surface area contributed by atoms with E-state index < -0.39 is 0 Å². The van der Waals surface area contributed by atoms with Crippen molar-refractivity contribution in [2.75, 3.05) is 0 Å². The van der Waals surface area contributed by atoms with Gasteiger partial charge in [0.15, 0.2) is 0 Å². The van der Waals surface area contributed by atoms with Crippen molar-refractivity contribution in [1.29, 1.82) is 0 Å². The van der Waals surface area contributed by atoms with Crippen LogP contribution in [-0.2, 0) is 13.6 Å². The van der Waals surface area contributed by atoms with Crippen LogP contribution in [0.2, 0.25) is 5.02 Å². The van der Waals surface area contributed by atoms with Gasteiger partial charge in [0.25, 0.3) is 0 Å². The molecule has 0 fully saturated rings. The summed E-state index contributed by atoms with van der Waals surface area (Å²) in [4.78, 5) is 0. The average molecular weight is 291 g/mol. The van der Waals surface area contributed by atoms with E-state index in [9.17, 15) is 0 Å². The van der Waals surface area contributed by atoms with Crippen LogP contribution < -0.4 is 5.32 Å². The van der Waals surface area contributed by atoms with Crippen molar-refractivity contribution < 1.29 is 0 Å². The molecule has 1 aromatic heterocycles. The molecule has 20 heavy (non-hydrogen) atoms. The Labute approximate surface area is 126 Å². The van der Waals surface area contributed by atoms with Crippen LogP contribution >= 0.6 is 11.6 Å². The van der Waals surface area contributed by atoms with Crippen LogP contribution in [0.15, 0.2) is 30.3 Å². The number of hydrogen-bond acceptors (Lipinski definition) is 1. The molecule has 0 saturated carbocycles. The molecular weight excluding hydrogens is 268 g/mol. The molecule has 2 nitrogen and oxygen atoms in total. The molecule has 1 unspecified atom stereocenters. The van der Waals surface area contributed by atoms with Crippen LogP contribution in [0.5, 0.6) is 0 Å². The molecule has 0 amide bonds. The van der Waals surface area contributed by atoms with Gasteiger partial charge in [-0.2, -0.15) is 0 Å². The first kappa shape index (κ1) is 15.1. The van der Waals surface area contributed by atoms with Gasteiger partial charge in [-0.15, -0.1) is 0 Å². The lowest BCUT2D eigenvalue weighted by atomic mass is 10.0. The van der Waals surface area contributed by atoms with Crippen LogP contribution in [0.3, 0.4) is 0 Å². The Hall–Kier alpha value is -1.25. The lowest BCUT2D eigenvalue weighted by Crippen LogP contribution is -2.20. The maximum atomic E-state index is 6.08. The molecule has 0 aliphatic heterocycles. The third-order valence-electron chi connectivity index (χ3n) is 4.08. The van der Waals surface area contributed by atoms with Gasteiger partial charge in [0.2, 0.25) is 0 Å². The number of nitrogens with one attached hydrogen (secondary N) is 1. The van der Waals surface area contributed by atoms with Crippen molar-refractivity contribution in [1.82, 2.24) is 9.88 Å². The number of nitrogens with zero attached hydrogens (tertiary/aromatic N) is 1. The molecule has 0 bridgehead atoms. The normalized spacial score (nSPS) is 12.7. The Kier molecular flexibility index (Phi) is 4.90. The summed E-state index contributed by atoms with van der Waals surface area (Å²) >= 11 is 6.08. The third-order valence-corrected chi connectivity index (χ3v) is 4.31. The zero-order valence-corrected chi connectivity index (χ0v) is 13.5. The first-order valence-corrected chi connectivity index (χ1v) is 7.51. The Morgan fingerprint density at radius 1 is 1.25 bits per heavy atom. The molecule has 108 valence electrons. The summed E-state index contributed by atoms with van der Waals surface area (Å²) < 4.78 is 2.23. The van der Waals surface area contributed by atoms with E-state index in [0.717, 1.165) is 18.0 Å². The molecule has 3 heteroatoms. The van der Waals surface area contributed by atoms with Gasteiger partial charge >= 0.3 is 0 Å². The molecule has 1 atom stereocenters. The van der Waals surface area contributed by atoms with E-state index in [-0.39, 0.29) is 0 Å². The van der Waals surface area contributed by atoms with Crippen molar-refractivity contribution in [3.05, 3.63) is 57.9 Å². The second kappa shape index (κ2) is 6.47. The Morgan fingerprint density at radius 2 is 2.00 bits per heavy atom. The summed E-state index contributed by atoms with van der Waals surface area (Å²) in [6, 6.07) is 10.7. The van der Waals surface area contributed by atoms with E-state index >= 15 is 0 Å². The maximum Gasteiger partial charge on any atom is 0.0409 e. The molecule has 0 aliphatic rings. The van der Waals surface area contributed by atoms with Gasteiger partial charge in [0.1, 0.15) is 0 Å². The molecule has 0 spiro atoms. The highest BCUT2D eigenvalue weighted by Crippen LogP contribution is 2.21. The first-order valence-electron chi connectivity index (χ1n) is 7.13. The van der Waals surface area contributed by atoms with Crippen molar-refractivity contribution >= 4 is 11.6 Å². The standard InChI is InChI=1S/C17H23ClN2/c1-5-17(14-7-6-8-16(18)10-14)19-11-15-9-12(2)20(4)13(15)3/h6-10,17,19H,5,11H2,1-4H3. The molecule has 2 rings (SSSR count). The highest BCUT2D eigenvalue weighted by Gasteiger charge is 2.11. The first-order chi connectivity index (χ1) is 9.52. The monoisotopic (exact) mass is 290 g/mol. The zero-order valence-electron chi connectivity index (χ0n) is 12.7. The van der Waals surface area contributed by atoms with Crippen molar-refractivity contribution in [2.45, 2.75) is 39.8 Å². The van der Waals surface area contributed by atoms with E-state index in [1.807, 2.05) is 18.2 Å². The molecule has 0 aliphatic carbocycles. The number of rotatable bonds is 5. The van der Waals surface area contributed by atoms with Gasteiger partial charge in [0.05, 0.1) is 0 Å². The number of hydrogen-bond donors (Lipinski definition) is 1. The number of benzene rings is 1. The Balaban J connectivity index is 2.09. The average Bonchev–Trinajstić information content (AvgIpc) is 2.67. The lowest BCUT2D eigenvalue weighted by Gasteiger charge is -2.18. The molecular formula is C17H23ClN2. The van der Waals surface area contributed by atoms with Crippen molar-refractivity contribution in [3.8, 4) is 0 Å². The number of aromatic nitrogens is 1.